The summed E-state index contributed by atoms with van der Waals surface area (Å²) in [5, 5.41) is 26.4. The molecule has 33 heavy (non-hydrogen) atoms. The molecule has 3 rings (SSSR count). The molecule has 0 radical (unpaired) electrons. The third kappa shape index (κ3) is 5.94. The van der Waals surface area contributed by atoms with Crippen molar-refractivity contribution >= 4 is 62.2 Å². The van der Waals surface area contributed by atoms with E-state index in [0.29, 0.717) is 10.6 Å². The molecule has 0 aromatic heterocycles. The number of hydrogen-bond acceptors (Lipinski definition) is 8. The van der Waals surface area contributed by atoms with Gasteiger partial charge in [0.1, 0.15) is 9.92 Å². The van der Waals surface area contributed by atoms with Gasteiger partial charge in [-0.2, -0.15) is 5.10 Å². The summed E-state index contributed by atoms with van der Waals surface area (Å²) in [6.45, 7) is 0. The van der Waals surface area contributed by atoms with Gasteiger partial charge < -0.3 is 0 Å². The number of non-ortho nitro benzene ring substituents is 1. The summed E-state index contributed by atoms with van der Waals surface area (Å²) in [5.41, 5.74) is 2.15. The van der Waals surface area contributed by atoms with Crippen LogP contribution in [0.2, 0.25) is 10.0 Å². The molecule has 2 N–H and O–H groups in total. The monoisotopic (exact) mass is 509 g/mol. The van der Waals surface area contributed by atoms with E-state index >= 15 is 0 Å². The molecule has 14 heteroatoms. The van der Waals surface area contributed by atoms with E-state index in [1.165, 1.54) is 54.7 Å². The summed E-state index contributed by atoms with van der Waals surface area (Å²) in [7, 11) is -4.27. The number of halogens is 2. The number of nitro benzene ring substituents is 2. The van der Waals surface area contributed by atoms with E-state index in [1.54, 1.807) is 0 Å². The van der Waals surface area contributed by atoms with E-state index in [2.05, 4.69) is 15.2 Å². The first-order valence-electron chi connectivity index (χ1n) is 8.86. The Balaban J connectivity index is 1.93. The normalized spacial score (nSPS) is 11.3. The van der Waals surface area contributed by atoms with E-state index in [9.17, 15) is 28.6 Å². The smallest absolute Gasteiger partial charge is 0.280 e. The molecule has 3 aromatic carbocycles. The van der Waals surface area contributed by atoms with Crippen LogP contribution in [0.15, 0.2) is 70.7 Å². The molecule has 11 nitrogen and oxygen atoms in total. The SMILES string of the molecule is O=[N+]([O-])c1ccc(N/N=C\c2ccc(Cl)c([N+](=O)[O-])c2)c(S(=O)(=O)Nc2ccc(Cl)cc2)c1. The van der Waals surface area contributed by atoms with Crippen LogP contribution < -0.4 is 10.1 Å². The van der Waals surface area contributed by atoms with Gasteiger partial charge in [-0.3, -0.25) is 30.4 Å². The zero-order chi connectivity index (χ0) is 24.2. The van der Waals surface area contributed by atoms with Gasteiger partial charge in [0, 0.05) is 34.5 Å². The van der Waals surface area contributed by atoms with Crippen LogP contribution in [0.3, 0.4) is 0 Å². The van der Waals surface area contributed by atoms with Gasteiger partial charge in [-0.05, 0) is 36.4 Å². The molecule has 170 valence electrons. The predicted octanol–water partition coefficient (Wildman–Crippen LogP) is 5.06. The molecule has 0 aliphatic carbocycles. The number of anilines is 2. The fourth-order valence-corrected chi connectivity index (χ4v) is 4.14. The second-order valence-electron chi connectivity index (χ2n) is 6.39. The Labute approximate surface area is 197 Å². The summed E-state index contributed by atoms with van der Waals surface area (Å²) in [6, 6.07) is 12.9. The topological polar surface area (TPSA) is 157 Å². The Bertz CT molecular complexity index is 1360. The van der Waals surface area contributed by atoms with Gasteiger partial charge >= 0.3 is 0 Å². The van der Waals surface area contributed by atoms with Crippen LogP contribution >= 0.6 is 23.2 Å². The van der Waals surface area contributed by atoms with Crippen LogP contribution in [0.1, 0.15) is 5.56 Å². The predicted molar refractivity (Wildman–Crippen MR) is 125 cm³/mol. The van der Waals surface area contributed by atoms with Crippen molar-refractivity contribution in [3.8, 4) is 0 Å². The molecule has 0 amide bonds. The van der Waals surface area contributed by atoms with Crippen LogP contribution in [0, 0.1) is 20.2 Å². The van der Waals surface area contributed by atoms with Crippen LogP contribution in [-0.2, 0) is 10.0 Å². The van der Waals surface area contributed by atoms with Crippen LogP contribution in [-0.4, -0.2) is 24.5 Å². The minimum Gasteiger partial charge on any atom is -0.280 e. The zero-order valence-electron chi connectivity index (χ0n) is 16.3. The minimum atomic E-state index is -4.27. The maximum absolute atomic E-state index is 12.9. The summed E-state index contributed by atoms with van der Waals surface area (Å²) in [6.07, 6.45) is 1.20. The number of nitro groups is 2. The van der Waals surface area contributed by atoms with Crippen LogP contribution in [0.25, 0.3) is 0 Å². The molecule has 0 atom stereocenters. The lowest BCUT2D eigenvalue weighted by Crippen LogP contribution is -2.15. The van der Waals surface area contributed by atoms with Gasteiger partial charge in [0.25, 0.3) is 21.4 Å². The van der Waals surface area contributed by atoms with Crippen molar-refractivity contribution in [1.29, 1.82) is 0 Å². The molecule has 0 spiro atoms. The first kappa shape index (κ1) is 23.9. The quantitative estimate of drug-likeness (QED) is 0.244. The fraction of sp³-hybridized carbons (Fsp3) is 0. The number of benzene rings is 3. The molecule has 0 saturated carbocycles. The Morgan fingerprint density at radius 1 is 0.909 bits per heavy atom. The lowest BCUT2D eigenvalue weighted by Gasteiger charge is -2.12. The molecular weight excluding hydrogens is 497 g/mol. The minimum absolute atomic E-state index is 0.0536. The van der Waals surface area contributed by atoms with Crippen molar-refractivity contribution in [1.82, 2.24) is 0 Å². The van der Waals surface area contributed by atoms with Gasteiger partial charge in [-0.25, -0.2) is 8.42 Å². The van der Waals surface area contributed by atoms with Crippen molar-refractivity contribution in [2.24, 2.45) is 5.10 Å². The second-order valence-corrected chi connectivity index (χ2v) is 8.88. The molecule has 0 unspecified atom stereocenters. The molecule has 0 bridgehead atoms. The highest BCUT2D eigenvalue weighted by Gasteiger charge is 2.23. The zero-order valence-corrected chi connectivity index (χ0v) is 18.6. The summed E-state index contributed by atoms with van der Waals surface area (Å²) >= 11 is 11.6. The third-order valence-electron chi connectivity index (χ3n) is 4.13. The van der Waals surface area contributed by atoms with E-state index in [4.69, 9.17) is 23.2 Å². The van der Waals surface area contributed by atoms with Crippen molar-refractivity contribution in [3.63, 3.8) is 0 Å². The maximum Gasteiger partial charge on any atom is 0.288 e. The highest BCUT2D eigenvalue weighted by molar-refractivity contribution is 7.92. The van der Waals surface area contributed by atoms with E-state index < -0.39 is 30.5 Å². The number of rotatable bonds is 8. The van der Waals surface area contributed by atoms with Gasteiger partial charge in [-0.15, -0.1) is 0 Å². The average Bonchev–Trinajstić information content (AvgIpc) is 2.76. The molecule has 3 aromatic rings. The largest absolute Gasteiger partial charge is 0.288 e. The van der Waals surface area contributed by atoms with Crippen LogP contribution in [0.4, 0.5) is 22.7 Å². The van der Waals surface area contributed by atoms with Gasteiger partial charge in [0.2, 0.25) is 0 Å². The number of nitrogens with zero attached hydrogens (tertiary/aromatic N) is 3. The Kier molecular flexibility index (Phi) is 7.11. The Hall–Kier alpha value is -3.74. The number of sulfonamides is 1. The molecular formula is C19H13Cl2N5O6S. The van der Waals surface area contributed by atoms with E-state index in [0.717, 1.165) is 12.1 Å². The molecule has 0 aliphatic heterocycles. The van der Waals surface area contributed by atoms with Gasteiger partial charge in [-0.1, -0.05) is 29.3 Å². The van der Waals surface area contributed by atoms with Crippen molar-refractivity contribution in [2.45, 2.75) is 4.90 Å². The molecule has 0 saturated heterocycles. The highest BCUT2D eigenvalue weighted by Crippen LogP contribution is 2.29. The lowest BCUT2D eigenvalue weighted by molar-refractivity contribution is -0.385. The summed E-state index contributed by atoms with van der Waals surface area (Å²) in [4.78, 5) is 20.3. The fourth-order valence-electron chi connectivity index (χ4n) is 2.59. The Morgan fingerprint density at radius 2 is 1.61 bits per heavy atom. The number of nitrogens with one attached hydrogen (secondary N) is 2. The molecule has 0 heterocycles. The van der Waals surface area contributed by atoms with Crippen molar-refractivity contribution < 1.29 is 18.3 Å². The number of hydrazone groups is 1. The van der Waals surface area contributed by atoms with Crippen LogP contribution in [0.5, 0.6) is 0 Å². The summed E-state index contributed by atoms with van der Waals surface area (Å²) in [5.74, 6) is 0. The van der Waals surface area contributed by atoms with Gasteiger partial charge in [0.15, 0.2) is 0 Å². The first-order chi connectivity index (χ1) is 15.6. The highest BCUT2D eigenvalue weighted by atomic mass is 35.5. The second kappa shape index (κ2) is 9.81. The van der Waals surface area contributed by atoms with E-state index in [-0.39, 0.29) is 22.1 Å². The standard InChI is InChI=1S/C19H13Cl2N5O6S/c20-13-2-4-14(5-3-13)24-33(31,32)19-10-15(25(27)28)6-8-17(19)23-22-11-12-1-7-16(21)18(9-12)26(29)30/h1-11,23-24H/b22-11-. The molecule has 0 fully saturated rings. The van der Waals surface area contributed by atoms with Crippen molar-refractivity contribution in [2.75, 3.05) is 10.1 Å². The number of hydrogen-bond donors (Lipinski definition) is 2. The third-order valence-corrected chi connectivity index (χ3v) is 6.12. The van der Waals surface area contributed by atoms with E-state index in [1.807, 2.05) is 0 Å². The molecule has 0 aliphatic rings. The van der Waals surface area contributed by atoms with Crippen molar-refractivity contribution in [3.05, 3.63) is 96.5 Å². The first-order valence-corrected chi connectivity index (χ1v) is 11.1. The Morgan fingerprint density at radius 3 is 2.24 bits per heavy atom. The maximum atomic E-state index is 12.9. The summed E-state index contributed by atoms with van der Waals surface area (Å²) < 4.78 is 28.2. The average molecular weight is 510 g/mol. The van der Waals surface area contributed by atoms with Gasteiger partial charge in [0.05, 0.1) is 21.7 Å². The lowest BCUT2D eigenvalue weighted by atomic mass is 10.2.